The third-order valence-corrected chi connectivity index (χ3v) is 2.88. The highest BCUT2D eigenvalue weighted by molar-refractivity contribution is 4.80. The molecule has 2 aliphatic rings. The van der Waals surface area contributed by atoms with E-state index >= 15 is 0 Å². The molecule has 0 radical (unpaired) electrons. The average Bonchev–Trinajstić information content (AvgIpc) is 1.85. The Bertz CT molecular complexity index is 108. The van der Waals surface area contributed by atoms with Crippen molar-refractivity contribution in [3.05, 3.63) is 0 Å². The first kappa shape index (κ1) is 6.62. The van der Waals surface area contributed by atoms with Gasteiger partial charge in [0.2, 0.25) is 0 Å². The van der Waals surface area contributed by atoms with E-state index in [0.29, 0.717) is 0 Å². The summed E-state index contributed by atoms with van der Waals surface area (Å²) >= 11 is 0. The molecule has 2 fully saturated rings. The smallest absolute Gasteiger partial charge is 0.0157 e. The van der Waals surface area contributed by atoms with E-state index in [1.54, 1.807) is 0 Å². The van der Waals surface area contributed by atoms with Gasteiger partial charge in [0.05, 0.1) is 0 Å². The first-order chi connectivity index (χ1) is 4.84. The van der Waals surface area contributed by atoms with Crippen LogP contribution in [-0.2, 0) is 0 Å². The van der Waals surface area contributed by atoms with Crippen LogP contribution >= 0.6 is 0 Å². The topological polar surface area (TPSA) is 29.3 Å². The number of nitrogens with zero attached hydrogens (tertiary/aromatic N) is 1. The van der Waals surface area contributed by atoms with Crippen LogP contribution in [0, 0.1) is 11.8 Å². The number of nitrogens with two attached hydrogens (primary N) is 1. The van der Waals surface area contributed by atoms with Gasteiger partial charge in [-0.25, -0.2) is 5.01 Å². The summed E-state index contributed by atoms with van der Waals surface area (Å²) in [6.07, 6.45) is 5.74. The molecule has 0 aromatic heterocycles. The molecule has 1 heterocycles. The molecule has 10 heavy (non-hydrogen) atoms. The fourth-order valence-corrected chi connectivity index (χ4v) is 2.47. The minimum absolute atomic E-state index is 0.928. The molecule has 1 aliphatic carbocycles. The molecule has 2 N–H and O–H groups in total. The molecule has 58 valence electrons. The van der Waals surface area contributed by atoms with Crippen LogP contribution < -0.4 is 5.84 Å². The van der Waals surface area contributed by atoms with Gasteiger partial charge in [0.1, 0.15) is 0 Å². The van der Waals surface area contributed by atoms with Gasteiger partial charge < -0.3 is 0 Å². The van der Waals surface area contributed by atoms with Crippen molar-refractivity contribution in [3.63, 3.8) is 0 Å². The Morgan fingerprint density at radius 3 is 2.30 bits per heavy atom. The standard InChI is InChI=1S/C8H16N2/c9-10-5-7-2-1-3-8(4-7)6-10/h7-8H,1-6,9H2. The van der Waals surface area contributed by atoms with E-state index in [1.807, 2.05) is 5.01 Å². The number of fused-ring (bicyclic) bond motifs is 2. The second-order valence-corrected chi connectivity index (χ2v) is 3.85. The molecular weight excluding hydrogens is 124 g/mol. The first-order valence-electron chi connectivity index (χ1n) is 4.34. The van der Waals surface area contributed by atoms with Crippen molar-refractivity contribution < 1.29 is 0 Å². The van der Waals surface area contributed by atoms with Crippen LogP contribution in [0.25, 0.3) is 0 Å². The van der Waals surface area contributed by atoms with Crippen molar-refractivity contribution in [2.45, 2.75) is 25.7 Å². The lowest BCUT2D eigenvalue weighted by atomic mass is 9.78. The fourth-order valence-electron chi connectivity index (χ4n) is 2.47. The number of hydrogen-bond donors (Lipinski definition) is 1. The van der Waals surface area contributed by atoms with E-state index < -0.39 is 0 Å². The van der Waals surface area contributed by atoms with Crippen molar-refractivity contribution in [3.8, 4) is 0 Å². The van der Waals surface area contributed by atoms with Crippen molar-refractivity contribution >= 4 is 0 Å². The summed E-state index contributed by atoms with van der Waals surface area (Å²) in [4.78, 5) is 0. The van der Waals surface area contributed by atoms with Gasteiger partial charge >= 0.3 is 0 Å². The van der Waals surface area contributed by atoms with E-state index in [4.69, 9.17) is 5.84 Å². The third-order valence-electron chi connectivity index (χ3n) is 2.88. The molecule has 0 aromatic rings. The van der Waals surface area contributed by atoms with E-state index in [2.05, 4.69) is 0 Å². The van der Waals surface area contributed by atoms with Crippen LogP contribution in [-0.4, -0.2) is 18.1 Å². The summed E-state index contributed by atoms with van der Waals surface area (Å²) in [7, 11) is 0. The van der Waals surface area contributed by atoms with Crippen LogP contribution in [0.2, 0.25) is 0 Å². The van der Waals surface area contributed by atoms with Crippen molar-refractivity contribution in [1.82, 2.24) is 5.01 Å². The van der Waals surface area contributed by atoms with E-state index in [0.717, 1.165) is 24.9 Å². The molecule has 2 unspecified atom stereocenters. The van der Waals surface area contributed by atoms with Crippen LogP contribution in [0.5, 0.6) is 0 Å². The number of rotatable bonds is 0. The molecule has 2 rings (SSSR count). The lowest BCUT2D eigenvalue weighted by Gasteiger charge is -2.39. The molecule has 0 spiro atoms. The molecule has 2 heteroatoms. The molecule has 2 nitrogen and oxygen atoms in total. The molecule has 1 saturated carbocycles. The van der Waals surface area contributed by atoms with Gasteiger partial charge in [0, 0.05) is 13.1 Å². The second kappa shape index (κ2) is 2.51. The highest BCUT2D eigenvalue weighted by Crippen LogP contribution is 2.32. The molecule has 1 saturated heterocycles. The van der Waals surface area contributed by atoms with Gasteiger partial charge in [-0.2, -0.15) is 0 Å². The molecular formula is C8H16N2. The van der Waals surface area contributed by atoms with Gasteiger partial charge in [-0.05, 0) is 31.1 Å². The molecule has 0 aromatic carbocycles. The molecule has 2 bridgehead atoms. The predicted octanol–water partition coefficient (Wildman–Crippen LogP) is 0.982. The third kappa shape index (κ3) is 1.18. The van der Waals surface area contributed by atoms with Crippen LogP contribution in [0.4, 0.5) is 0 Å². The quantitative estimate of drug-likeness (QED) is 0.508. The maximum absolute atomic E-state index is 5.76. The van der Waals surface area contributed by atoms with Gasteiger partial charge in [-0.15, -0.1) is 0 Å². The number of hydrogen-bond acceptors (Lipinski definition) is 2. The summed E-state index contributed by atoms with van der Waals surface area (Å²) in [5.74, 6) is 7.61. The maximum atomic E-state index is 5.76. The summed E-state index contributed by atoms with van der Waals surface area (Å²) in [6.45, 7) is 2.30. The van der Waals surface area contributed by atoms with Gasteiger partial charge in [0.25, 0.3) is 0 Å². The van der Waals surface area contributed by atoms with Crippen molar-refractivity contribution in [2.75, 3.05) is 13.1 Å². The SMILES string of the molecule is NN1CC2CCCC(C2)C1. The predicted molar refractivity (Wildman–Crippen MR) is 41.2 cm³/mol. The fraction of sp³-hybridized carbons (Fsp3) is 1.00. The highest BCUT2D eigenvalue weighted by atomic mass is 15.4. The molecule has 0 amide bonds. The maximum Gasteiger partial charge on any atom is 0.0157 e. The van der Waals surface area contributed by atoms with Crippen LogP contribution in [0.15, 0.2) is 0 Å². The van der Waals surface area contributed by atoms with Gasteiger partial charge in [-0.3, -0.25) is 5.84 Å². The Morgan fingerprint density at radius 1 is 1.10 bits per heavy atom. The minimum Gasteiger partial charge on any atom is -0.269 e. The van der Waals surface area contributed by atoms with E-state index in [-0.39, 0.29) is 0 Å². The average molecular weight is 140 g/mol. The number of piperidine rings is 1. The zero-order valence-corrected chi connectivity index (χ0v) is 6.42. The normalized spacial score (nSPS) is 41.7. The highest BCUT2D eigenvalue weighted by Gasteiger charge is 2.28. The van der Waals surface area contributed by atoms with Gasteiger partial charge in [-0.1, -0.05) is 6.42 Å². The first-order valence-corrected chi connectivity index (χ1v) is 4.34. The molecule has 1 aliphatic heterocycles. The van der Waals surface area contributed by atoms with Crippen LogP contribution in [0.3, 0.4) is 0 Å². The largest absolute Gasteiger partial charge is 0.269 e. The lowest BCUT2D eigenvalue weighted by Crippen LogP contribution is -2.46. The van der Waals surface area contributed by atoms with Crippen molar-refractivity contribution in [2.24, 2.45) is 17.7 Å². The Labute approximate surface area is 62.4 Å². The Kier molecular flexibility index (Phi) is 1.66. The van der Waals surface area contributed by atoms with Gasteiger partial charge in [0.15, 0.2) is 0 Å². The summed E-state index contributed by atoms with van der Waals surface area (Å²) in [5.41, 5.74) is 0. The Balaban J connectivity index is 1.98. The minimum atomic E-state index is 0.928. The summed E-state index contributed by atoms with van der Waals surface area (Å²) < 4.78 is 0. The lowest BCUT2D eigenvalue weighted by molar-refractivity contribution is 0.0868. The Morgan fingerprint density at radius 2 is 1.70 bits per heavy atom. The monoisotopic (exact) mass is 140 g/mol. The second-order valence-electron chi connectivity index (χ2n) is 3.85. The summed E-state index contributed by atoms with van der Waals surface area (Å²) in [5, 5.41) is 2.01. The van der Waals surface area contributed by atoms with Crippen molar-refractivity contribution in [1.29, 1.82) is 0 Å². The van der Waals surface area contributed by atoms with E-state index in [1.165, 1.54) is 25.7 Å². The number of hydrazine groups is 1. The Hall–Kier alpha value is -0.0800. The van der Waals surface area contributed by atoms with Crippen LogP contribution in [0.1, 0.15) is 25.7 Å². The zero-order chi connectivity index (χ0) is 6.97. The van der Waals surface area contributed by atoms with E-state index in [9.17, 15) is 0 Å². The molecule has 2 atom stereocenters. The summed E-state index contributed by atoms with van der Waals surface area (Å²) in [6, 6.07) is 0. The zero-order valence-electron chi connectivity index (χ0n) is 6.42.